The number of nitrogens with zero attached hydrogens (tertiary/aromatic N) is 4. The van der Waals surface area contributed by atoms with E-state index in [9.17, 15) is 14.9 Å². The summed E-state index contributed by atoms with van der Waals surface area (Å²) in [5.74, 6) is 0.138. The summed E-state index contributed by atoms with van der Waals surface area (Å²) in [6.45, 7) is 4.53. The highest BCUT2D eigenvalue weighted by Gasteiger charge is 2.35. The second kappa shape index (κ2) is 7.67. The third kappa shape index (κ3) is 3.49. The van der Waals surface area contributed by atoms with Crippen LogP contribution in [-0.2, 0) is 16.1 Å². The number of fused-ring (bicyclic) bond motifs is 1. The number of allylic oxidation sites excluding steroid dienone is 1. The first-order valence-corrected chi connectivity index (χ1v) is 9.58. The molecule has 1 unspecified atom stereocenters. The van der Waals surface area contributed by atoms with Crippen LogP contribution in [0.5, 0.6) is 0 Å². The van der Waals surface area contributed by atoms with Gasteiger partial charge in [0.05, 0.1) is 35.5 Å². The minimum Gasteiger partial charge on any atom is -0.466 e. The van der Waals surface area contributed by atoms with Crippen molar-refractivity contribution in [2.24, 2.45) is 0 Å². The van der Waals surface area contributed by atoms with E-state index in [1.54, 1.807) is 25.3 Å². The van der Waals surface area contributed by atoms with Gasteiger partial charge in [-0.25, -0.2) is 9.78 Å². The molecule has 0 aliphatic carbocycles. The van der Waals surface area contributed by atoms with Crippen LogP contribution in [0.15, 0.2) is 41.7 Å². The average molecular weight is 397 g/mol. The van der Waals surface area contributed by atoms with E-state index >= 15 is 0 Å². The van der Waals surface area contributed by atoms with Crippen molar-refractivity contribution < 1.29 is 14.5 Å². The number of carbonyl (C=O) groups is 1. The molecule has 1 aromatic heterocycles. The largest absolute Gasteiger partial charge is 0.466 e. The van der Waals surface area contributed by atoms with Gasteiger partial charge in [0.2, 0.25) is 5.95 Å². The van der Waals surface area contributed by atoms with Crippen molar-refractivity contribution in [1.29, 1.82) is 0 Å². The molecule has 1 fully saturated rings. The summed E-state index contributed by atoms with van der Waals surface area (Å²) in [5.41, 5.74) is 2.60. The van der Waals surface area contributed by atoms with E-state index in [1.807, 2.05) is 4.57 Å². The van der Waals surface area contributed by atoms with Crippen molar-refractivity contribution in [1.82, 2.24) is 14.5 Å². The summed E-state index contributed by atoms with van der Waals surface area (Å²) in [6.07, 6.45) is 4.14. The predicted octanol–water partition coefficient (Wildman–Crippen LogP) is 2.85. The number of nitro groups is 1. The summed E-state index contributed by atoms with van der Waals surface area (Å²) in [5, 5.41) is 14.5. The van der Waals surface area contributed by atoms with Crippen LogP contribution in [0.4, 0.5) is 11.6 Å². The van der Waals surface area contributed by atoms with E-state index < -0.39 is 16.9 Å². The summed E-state index contributed by atoms with van der Waals surface area (Å²) in [4.78, 5) is 30.4. The van der Waals surface area contributed by atoms with E-state index in [2.05, 4.69) is 15.2 Å². The molecule has 1 aromatic carbocycles. The Balaban J connectivity index is 1.85. The van der Waals surface area contributed by atoms with Crippen LogP contribution in [0.3, 0.4) is 0 Å². The minimum absolute atomic E-state index is 0.0225. The van der Waals surface area contributed by atoms with Crippen LogP contribution < -0.4 is 5.32 Å². The molecule has 2 aromatic rings. The first kappa shape index (κ1) is 19.1. The Kier molecular flexibility index (Phi) is 5.06. The van der Waals surface area contributed by atoms with Gasteiger partial charge in [-0.2, -0.15) is 0 Å². The molecule has 4 rings (SSSR count). The predicted molar refractivity (Wildman–Crippen MR) is 106 cm³/mol. The monoisotopic (exact) mass is 397 g/mol. The number of anilines is 1. The number of hydrogen-bond donors (Lipinski definition) is 1. The maximum Gasteiger partial charge on any atom is 0.337 e. The van der Waals surface area contributed by atoms with Gasteiger partial charge in [0.1, 0.15) is 0 Å². The lowest BCUT2D eigenvalue weighted by Crippen LogP contribution is -2.31. The van der Waals surface area contributed by atoms with Crippen molar-refractivity contribution in [3.63, 3.8) is 0 Å². The minimum atomic E-state index is -0.557. The van der Waals surface area contributed by atoms with E-state index in [0.29, 0.717) is 29.3 Å². The zero-order chi connectivity index (χ0) is 20.5. The number of carbonyl (C=O) groups excluding carboxylic acids is 1. The summed E-state index contributed by atoms with van der Waals surface area (Å²) in [6, 6.07) is 5.83. The van der Waals surface area contributed by atoms with Gasteiger partial charge in [-0.3, -0.25) is 15.0 Å². The van der Waals surface area contributed by atoms with Gasteiger partial charge in [0, 0.05) is 24.4 Å². The summed E-state index contributed by atoms with van der Waals surface area (Å²) in [7, 11) is 1.34. The molecule has 0 spiro atoms. The van der Waals surface area contributed by atoms with Crippen LogP contribution in [0.2, 0.25) is 0 Å². The van der Waals surface area contributed by atoms with E-state index in [-0.39, 0.29) is 5.69 Å². The fraction of sp³-hybridized carbons (Fsp3) is 0.400. The summed E-state index contributed by atoms with van der Waals surface area (Å²) < 4.78 is 6.99. The Hall–Kier alpha value is -3.20. The average Bonchev–Trinajstić information content (AvgIpc) is 3.37. The van der Waals surface area contributed by atoms with E-state index in [4.69, 9.17) is 4.74 Å². The number of nitrogens with one attached hydrogen (secondary N) is 1. The van der Waals surface area contributed by atoms with Crippen LogP contribution in [-0.4, -0.2) is 45.5 Å². The van der Waals surface area contributed by atoms with Gasteiger partial charge < -0.3 is 14.6 Å². The molecule has 0 saturated carbocycles. The van der Waals surface area contributed by atoms with Crippen LogP contribution in [0.25, 0.3) is 0 Å². The summed E-state index contributed by atoms with van der Waals surface area (Å²) >= 11 is 0. The number of rotatable bonds is 5. The van der Waals surface area contributed by atoms with Crippen molar-refractivity contribution >= 4 is 17.6 Å². The van der Waals surface area contributed by atoms with E-state index in [0.717, 1.165) is 18.8 Å². The maximum atomic E-state index is 12.7. The lowest BCUT2D eigenvalue weighted by atomic mass is 9.94. The number of aromatic nitrogens is 2. The lowest BCUT2D eigenvalue weighted by Gasteiger charge is -2.31. The molecule has 1 atom stereocenters. The van der Waals surface area contributed by atoms with Crippen LogP contribution in [0, 0.1) is 10.1 Å². The van der Waals surface area contributed by atoms with Gasteiger partial charge in [-0.05, 0) is 38.4 Å². The number of esters is 1. The third-order valence-electron chi connectivity index (χ3n) is 5.49. The van der Waals surface area contributed by atoms with Gasteiger partial charge >= 0.3 is 5.97 Å². The number of imidazole rings is 1. The number of non-ortho nitro benzene ring substituents is 1. The smallest absolute Gasteiger partial charge is 0.337 e. The number of ether oxygens (including phenoxy) is 1. The second-order valence-electron chi connectivity index (χ2n) is 7.34. The molecule has 0 amide bonds. The SMILES string of the molecule is COC(=O)C1=C(C)Nc2ncc(CN3CCCC3)n2C1c1cccc([N+](=O)[O-])c1. The zero-order valence-corrected chi connectivity index (χ0v) is 16.4. The Morgan fingerprint density at radius 1 is 1.38 bits per heavy atom. The Morgan fingerprint density at radius 3 is 2.83 bits per heavy atom. The molecule has 9 nitrogen and oxygen atoms in total. The molecule has 9 heteroatoms. The Bertz CT molecular complexity index is 991. The van der Waals surface area contributed by atoms with Crippen molar-refractivity contribution in [2.45, 2.75) is 32.4 Å². The fourth-order valence-corrected chi connectivity index (χ4v) is 4.13. The molecule has 2 aliphatic heterocycles. The molecule has 29 heavy (non-hydrogen) atoms. The fourth-order valence-electron chi connectivity index (χ4n) is 4.13. The highest BCUT2D eigenvalue weighted by atomic mass is 16.6. The highest BCUT2D eigenvalue weighted by Crippen LogP contribution is 2.38. The molecule has 0 bridgehead atoms. The van der Waals surface area contributed by atoms with Crippen molar-refractivity contribution in [3.05, 3.63) is 63.1 Å². The van der Waals surface area contributed by atoms with Crippen molar-refractivity contribution in [2.75, 3.05) is 25.5 Å². The van der Waals surface area contributed by atoms with Gasteiger partial charge in [-0.1, -0.05) is 12.1 Å². The standard InChI is InChI=1S/C20H23N5O4/c1-13-17(19(26)29-2)18(14-6-5-7-15(10-14)25(27)28)24-16(11-21-20(24)22-13)12-23-8-3-4-9-23/h5-7,10-11,18H,3-4,8-9,12H2,1-2H3,(H,21,22). The van der Waals surface area contributed by atoms with Gasteiger partial charge in [-0.15, -0.1) is 0 Å². The number of benzene rings is 1. The lowest BCUT2D eigenvalue weighted by molar-refractivity contribution is -0.384. The van der Waals surface area contributed by atoms with Gasteiger partial charge in [0.25, 0.3) is 5.69 Å². The maximum absolute atomic E-state index is 12.7. The first-order valence-electron chi connectivity index (χ1n) is 9.58. The van der Waals surface area contributed by atoms with Crippen LogP contribution in [0.1, 0.15) is 37.1 Å². The first-order chi connectivity index (χ1) is 14.0. The number of likely N-dealkylation sites (tertiary alicyclic amines) is 1. The second-order valence-corrected chi connectivity index (χ2v) is 7.34. The molecule has 152 valence electrons. The molecular weight excluding hydrogens is 374 g/mol. The molecule has 3 heterocycles. The molecular formula is C20H23N5O4. The molecule has 2 aliphatic rings. The Morgan fingerprint density at radius 2 is 2.14 bits per heavy atom. The number of nitro benzene ring substituents is 1. The van der Waals surface area contributed by atoms with Crippen molar-refractivity contribution in [3.8, 4) is 0 Å². The van der Waals surface area contributed by atoms with Crippen LogP contribution >= 0.6 is 0 Å². The Labute approximate surface area is 168 Å². The molecule has 1 saturated heterocycles. The normalized spacial score (nSPS) is 19.0. The zero-order valence-electron chi connectivity index (χ0n) is 16.4. The molecule has 1 N–H and O–H groups in total. The van der Waals surface area contributed by atoms with Gasteiger partial charge in [0.15, 0.2) is 0 Å². The topological polar surface area (TPSA) is 103 Å². The highest BCUT2D eigenvalue weighted by molar-refractivity contribution is 5.92. The quantitative estimate of drug-likeness (QED) is 0.470. The number of methoxy groups -OCH3 is 1. The number of hydrogen-bond acceptors (Lipinski definition) is 7. The third-order valence-corrected chi connectivity index (χ3v) is 5.49. The molecule has 0 radical (unpaired) electrons. The van der Waals surface area contributed by atoms with E-state index in [1.165, 1.54) is 32.1 Å².